The SMILES string of the molecule is CCCCOc1ccc(NC(=O)N(C)[C@H]2CCN(CC)C[C@@H]2C)c(C)c1. The number of benzene rings is 1. The number of piperidine rings is 1. The Morgan fingerprint density at radius 3 is 2.77 bits per heavy atom. The van der Waals surface area contributed by atoms with Crippen molar-refractivity contribution >= 4 is 11.7 Å². The Morgan fingerprint density at radius 1 is 1.38 bits per heavy atom. The number of carbonyl (C=O) groups is 1. The fraction of sp³-hybridized carbons (Fsp3) is 0.667. The van der Waals surface area contributed by atoms with Crippen molar-refractivity contribution in [3.05, 3.63) is 23.8 Å². The summed E-state index contributed by atoms with van der Waals surface area (Å²) in [5.41, 5.74) is 1.87. The van der Waals surface area contributed by atoms with Crippen molar-refractivity contribution in [2.75, 3.05) is 38.6 Å². The summed E-state index contributed by atoms with van der Waals surface area (Å²) in [7, 11) is 1.91. The number of rotatable bonds is 7. The molecule has 5 heteroatoms. The van der Waals surface area contributed by atoms with Crippen molar-refractivity contribution in [2.24, 2.45) is 5.92 Å². The lowest BCUT2D eigenvalue weighted by molar-refractivity contribution is 0.101. The number of ether oxygens (including phenoxy) is 1. The predicted molar refractivity (Wildman–Crippen MR) is 108 cm³/mol. The smallest absolute Gasteiger partial charge is 0.321 e. The van der Waals surface area contributed by atoms with Crippen molar-refractivity contribution in [2.45, 2.75) is 53.0 Å². The minimum absolute atomic E-state index is 0.0328. The van der Waals surface area contributed by atoms with Crippen LogP contribution >= 0.6 is 0 Å². The molecular formula is C21H35N3O2. The number of hydrogen-bond donors (Lipinski definition) is 1. The molecule has 2 rings (SSSR count). The standard InChI is InChI=1S/C21H35N3O2/c1-6-8-13-26-18-9-10-19(16(3)14-18)22-21(25)23(5)20-11-12-24(7-2)15-17(20)4/h9-10,14,17,20H,6-8,11-13,15H2,1-5H3,(H,22,25)/t17-,20-/m0/s1. The van der Waals surface area contributed by atoms with Gasteiger partial charge in [-0.15, -0.1) is 0 Å². The van der Waals surface area contributed by atoms with Crippen LogP contribution in [0.2, 0.25) is 0 Å². The van der Waals surface area contributed by atoms with Crippen molar-refractivity contribution in [1.82, 2.24) is 9.80 Å². The molecule has 1 heterocycles. The summed E-state index contributed by atoms with van der Waals surface area (Å²) in [5, 5.41) is 3.07. The summed E-state index contributed by atoms with van der Waals surface area (Å²) in [6, 6.07) is 6.11. The van der Waals surface area contributed by atoms with Crippen LogP contribution in [0.4, 0.5) is 10.5 Å². The van der Waals surface area contributed by atoms with E-state index in [-0.39, 0.29) is 12.1 Å². The molecular weight excluding hydrogens is 326 g/mol. The van der Waals surface area contributed by atoms with Gasteiger partial charge in [0.05, 0.1) is 6.61 Å². The van der Waals surface area contributed by atoms with Gasteiger partial charge in [-0.05, 0) is 56.0 Å². The first-order chi connectivity index (χ1) is 12.5. The van der Waals surface area contributed by atoms with E-state index in [4.69, 9.17) is 4.74 Å². The van der Waals surface area contributed by atoms with Gasteiger partial charge in [-0.1, -0.05) is 27.2 Å². The highest BCUT2D eigenvalue weighted by Gasteiger charge is 2.30. The van der Waals surface area contributed by atoms with Gasteiger partial charge in [0.2, 0.25) is 0 Å². The van der Waals surface area contributed by atoms with Gasteiger partial charge in [-0.25, -0.2) is 4.79 Å². The topological polar surface area (TPSA) is 44.8 Å². The van der Waals surface area contributed by atoms with Gasteiger partial charge < -0.3 is 19.9 Å². The van der Waals surface area contributed by atoms with Crippen LogP contribution in [-0.2, 0) is 0 Å². The first-order valence-electron chi connectivity index (χ1n) is 9.95. The predicted octanol–water partition coefficient (Wildman–Crippen LogP) is 4.37. The number of nitrogens with one attached hydrogen (secondary N) is 1. The Balaban J connectivity index is 1.94. The number of carbonyl (C=O) groups excluding carboxylic acids is 1. The van der Waals surface area contributed by atoms with Crippen LogP contribution in [0.15, 0.2) is 18.2 Å². The molecule has 0 spiro atoms. The molecule has 1 aromatic rings. The molecule has 146 valence electrons. The highest BCUT2D eigenvalue weighted by Crippen LogP contribution is 2.24. The van der Waals surface area contributed by atoms with Crippen LogP contribution < -0.4 is 10.1 Å². The van der Waals surface area contributed by atoms with Gasteiger partial charge in [0, 0.05) is 31.9 Å². The van der Waals surface area contributed by atoms with Crippen molar-refractivity contribution in [1.29, 1.82) is 0 Å². The lowest BCUT2D eigenvalue weighted by atomic mass is 9.93. The average Bonchev–Trinajstić information content (AvgIpc) is 2.63. The third kappa shape index (κ3) is 5.37. The van der Waals surface area contributed by atoms with E-state index in [0.29, 0.717) is 5.92 Å². The van der Waals surface area contributed by atoms with Gasteiger partial charge in [0.25, 0.3) is 0 Å². The van der Waals surface area contributed by atoms with Gasteiger partial charge in [0.15, 0.2) is 0 Å². The minimum atomic E-state index is -0.0328. The molecule has 1 aliphatic rings. The zero-order valence-corrected chi connectivity index (χ0v) is 17.0. The van der Waals surface area contributed by atoms with E-state index in [1.165, 1.54) is 0 Å². The maximum atomic E-state index is 12.7. The zero-order valence-electron chi connectivity index (χ0n) is 17.0. The molecule has 0 aliphatic carbocycles. The number of amides is 2. The molecule has 0 aromatic heterocycles. The first kappa shape index (κ1) is 20.6. The highest BCUT2D eigenvalue weighted by atomic mass is 16.5. The van der Waals surface area contributed by atoms with Crippen LogP contribution in [0.3, 0.4) is 0 Å². The molecule has 1 aliphatic heterocycles. The second-order valence-electron chi connectivity index (χ2n) is 7.45. The molecule has 1 N–H and O–H groups in total. The van der Waals surface area contributed by atoms with Crippen LogP contribution in [0, 0.1) is 12.8 Å². The number of nitrogens with zero attached hydrogens (tertiary/aromatic N) is 2. The van der Waals surface area contributed by atoms with E-state index in [2.05, 4.69) is 31.0 Å². The fourth-order valence-corrected chi connectivity index (χ4v) is 3.64. The third-order valence-electron chi connectivity index (χ3n) is 5.42. The van der Waals surface area contributed by atoms with Crippen molar-refractivity contribution in [3.63, 3.8) is 0 Å². The van der Waals surface area contributed by atoms with E-state index < -0.39 is 0 Å². The molecule has 1 fully saturated rings. The Kier molecular flexibility index (Phi) is 7.76. The van der Waals surface area contributed by atoms with Crippen molar-refractivity contribution < 1.29 is 9.53 Å². The van der Waals surface area contributed by atoms with Gasteiger partial charge in [0.1, 0.15) is 5.75 Å². The summed E-state index contributed by atoms with van der Waals surface area (Å²) in [6.45, 7) is 12.5. The number of urea groups is 1. The van der Waals surface area contributed by atoms with Crippen LogP contribution in [0.5, 0.6) is 5.75 Å². The second-order valence-corrected chi connectivity index (χ2v) is 7.45. The number of hydrogen-bond acceptors (Lipinski definition) is 3. The Labute approximate surface area is 158 Å². The Bertz CT molecular complexity index is 591. The van der Waals surface area contributed by atoms with Gasteiger partial charge >= 0.3 is 6.03 Å². The molecule has 1 aromatic carbocycles. The van der Waals surface area contributed by atoms with E-state index in [9.17, 15) is 4.79 Å². The normalized spacial score (nSPS) is 20.7. The molecule has 0 radical (unpaired) electrons. The lowest BCUT2D eigenvalue weighted by Crippen LogP contribution is -2.51. The maximum Gasteiger partial charge on any atom is 0.321 e. The molecule has 0 saturated carbocycles. The Morgan fingerprint density at radius 2 is 2.15 bits per heavy atom. The van der Waals surface area contributed by atoms with Crippen LogP contribution in [-0.4, -0.2) is 55.2 Å². The molecule has 2 atom stereocenters. The number of likely N-dealkylation sites (tertiary alicyclic amines) is 1. The average molecular weight is 362 g/mol. The first-order valence-corrected chi connectivity index (χ1v) is 9.95. The second kappa shape index (κ2) is 9.81. The minimum Gasteiger partial charge on any atom is -0.494 e. The quantitative estimate of drug-likeness (QED) is 0.734. The molecule has 0 unspecified atom stereocenters. The van der Waals surface area contributed by atoms with E-state index in [1.54, 1.807) is 0 Å². The Hall–Kier alpha value is -1.75. The molecule has 5 nitrogen and oxygen atoms in total. The largest absolute Gasteiger partial charge is 0.494 e. The maximum absolute atomic E-state index is 12.7. The number of anilines is 1. The van der Waals surface area contributed by atoms with Crippen LogP contribution in [0.25, 0.3) is 0 Å². The molecule has 26 heavy (non-hydrogen) atoms. The molecule has 0 bridgehead atoms. The molecule has 1 saturated heterocycles. The zero-order chi connectivity index (χ0) is 19.1. The summed E-state index contributed by atoms with van der Waals surface area (Å²) in [6.07, 6.45) is 3.20. The third-order valence-corrected chi connectivity index (χ3v) is 5.42. The van der Waals surface area contributed by atoms with Gasteiger partial charge in [-0.2, -0.15) is 0 Å². The summed E-state index contributed by atoms with van der Waals surface area (Å²) in [4.78, 5) is 17.1. The van der Waals surface area contributed by atoms with Crippen molar-refractivity contribution in [3.8, 4) is 5.75 Å². The fourth-order valence-electron chi connectivity index (χ4n) is 3.64. The van der Waals surface area contributed by atoms with E-state index in [1.807, 2.05) is 37.1 Å². The lowest BCUT2D eigenvalue weighted by Gasteiger charge is -2.40. The summed E-state index contributed by atoms with van der Waals surface area (Å²) < 4.78 is 5.74. The number of unbranched alkanes of at least 4 members (excludes halogenated alkanes) is 1. The van der Waals surface area contributed by atoms with E-state index >= 15 is 0 Å². The van der Waals surface area contributed by atoms with Gasteiger partial charge in [-0.3, -0.25) is 0 Å². The number of aryl methyl sites for hydroxylation is 1. The monoisotopic (exact) mass is 361 g/mol. The summed E-state index contributed by atoms with van der Waals surface area (Å²) >= 11 is 0. The van der Waals surface area contributed by atoms with Crippen LogP contribution in [0.1, 0.15) is 45.6 Å². The molecule has 2 amide bonds. The summed E-state index contributed by atoms with van der Waals surface area (Å²) in [5.74, 6) is 1.35. The van der Waals surface area contributed by atoms with E-state index in [0.717, 1.165) is 62.5 Å². The highest BCUT2D eigenvalue weighted by molar-refractivity contribution is 5.90.